The number of rotatable bonds is 4. The zero-order chi connectivity index (χ0) is 14.0. The molecule has 0 aliphatic carbocycles. The monoisotopic (exact) mass is 264 g/mol. The minimum absolute atomic E-state index is 0.0373. The number of aryl methyl sites for hydroxylation is 1. The van der Waals surface area contributed by atoms with Gasteiger partial charge in [0.25, 0.3) is 5.91 Å². The Morgan fingerprint density at radius 3 is 2.84 bits per heavy atom. The highest BCUT2D eigenvalue weighted by Crippen LogP contribution is 2.24. The van der Waals surface area contributed by atoms with Gasteiger partial charge in [-0.1, -0.05) is 12.1 Å². The predicted molar refractivity (Wildman–Crippen MR) is 67.6 cm³/mol. The van der Waals surface area contributed by atoms with E-state index in [1.54, 1.807) is 13.0 Å². The molecule has 0 atom stereocenters. The fraction of sp³-hybridized carbons (Fsp3) is 0.231. The highest BCUT2D eigenvalue weighted by molar-refractivity contribution is 6.08. The third-order valence-corrected chi connectivity index (χ3v) is 2.82. The molecule has 1 aromatic heterocycles. The molecule has 5 nitrogen and oxygen atoms in total. The molecule has 2 aromatic rings. The fourth-order valence-corrected chi connectivity index (χ4v) is 1.98. The molecule has 0 aliphatic heterocycles. The normalized spacial score (nSPS) is 10.6. The third kappa shape index (κ3) is 2.57. The molecular formula is C13H13FN2O3. The van der Waals surface area contributed by atoms with Gasteiger partial charge in [0.2, 0.25) is 0 Å². The fourth-order valence-electron chi connectivity index (χ4n) is 1.98. The number of para-hydroxylation sites is 1. The first-order chi connectivity index (χ1) is 9.00. The second kappa shape index (κ2) is 5.09. The molecule has 19 heavy (non-hydrogen) atoms. The lowest BCUT2D eigenvalue weighted by Crippen LogP contribution is -2.26. The van der Waals surface area contributed by atoms with Crippen molar-refractivity contribution in [2.75, 3.05) is 6.54 Å². The summed E-state index contributed by atoms with van der Waals surface area (Å²) in [4.78, 5) is 25.2. The number of carboxylic acid groups (broad SMARTS) is 1. The van der Waals surface area contributed by atoms with Crippen molar-refractivity contribution < 1.29 is 19.1 Å². The first-order valence-corrected chi connectivity index (χ1v) is 5.77. The number of carboxylic acids is 1. The Kier molecular flexibility index (Phi) is 3.50. The van der Waals surface area contributed by atoms with Crippen LogP contribution in [0.2, 0.25) is 0 Å². The summed E-state index contributed by atoms with van der Waals surface area (Å²) >= 11 is 0. The van der Waals surface area contributed by atoms with Crippen LogP contribution in [-0.4, -0.2) is 28.5 Å². The first kappa shape index (κ1) is 13.1. The number of carbonyl (C=O) groups is 2. The molecule has 0 radical (unpaired) electrons. The van der Waals surface area contributed by atoms with Crippen LogP contribution in [0.15, 0.2) is 18.2 Å². The van der Waals surface area contributed by atoms with Crippen molar-refractivity contribution in [3.8, 4) is 0 Å². The highest BCUT2D eigenvalue weighted by atomic mass is 19.1. The molecular weight excluding hydrogens is 251 g/mol. The van der Waals surface area contributed by atoms with E-state index in [1.807, 2.05) is 0 Å². The molecule has 1 amide bonds. The van der Waals surface area contributed by atoms with Crippen LogP contribution < -0.4 is 5.32 Å². The topological polar surface area (TPSA) is 82.2 Å². The summed E-state index contributed by atoms with van der Waals surface area (Å²) in [5.41, 5.74) is 1.18. The Bertz CT molecular complexity index is 649. The van der Waals surface area contributed by atoms with E-state index in [0.29, 0.717) is 16.6 Å². The number of halogens is 1. The largest absolute Gasteiger partial charge is 0.481 e. The van der Waals surface area contributed by atoms with E-state index < -0.39 is 17.7 Å². The number of aromatic amines is 1. The van der Waals surface area contributed by atoms with Gasteiger partial charge in [0, 0.05) is 17.6 Å². The molecule has 0 spiro atoms. The van der Waals surface area contributed by atoms with Gasteiger partial charge in [-0.2, -0.15) is 0 Å². The maximum Gasteiger partial charge on any atom is 0.305 e. The summed E-state index contributed by atoms with van der Waals surface area (Å²) in [6.07, 6.45) is -0.151. The summed E-state index contributed by atoms with van der Waals surface area (Å²) in [6.45, 7) is 1.71. The Hall–Kier alpha value is -2.37. The molecule has 0 saturated heterocycles. The summed E-state index contributed by atoms with van der Waals surface area (Å²) in [5, 5.41) is 11.5. The zero-order valence-corrected chi connectivity index (χ0v) is 10.3. The number of hydrogen-bond acceptors (Lipinski definition) is 2. The molecule has 0 aliphatic rings. The van der Waals surface area contributed by atoms with Crippen molar-refractivity contribution in [1.82, 2.24) is 10.3 Å². The quantitative estimate of drug-likeness (QED) is 0.787. The molecule has 1 heterocycles. The van der Waals surface area contributed by atoms with Gasteiger partial charge in [0.15, 0.2) is 0 Å². The zero-order valence-electron chi connectivity index (χ0n) is 10.3. The number of hydrogen-bond donors (Lipinski definition) is 3. The lowest BCUT2D eigenvalue weighted by Gasteiger charge is -2.03. The molecule has 0 bridgehead atoms. The van der Waals surface area contributed by atoms with Gasteiger partial charge >= 0.3 is 5.97 Å². The first-order valence-electron chi connectivity index (χ1n) is 5.77. The number of nitrogens with one attached hydrogen (secondary N) is 2. The van der Waals surface area contributed by atoms with Crippen LogP contribution in [0.1, 0.15) is 22.5 Å². The number of carbonyl (C=O) groups excluding carboxylic acids is 1. The minimum Gasteiger partial charge on any atom is -0.481 e. The van der Waals surface area contributed by atoms with Gasteiger partial charge in [0.05, 0.1) is 17.5 Å². The number of fused-ring (bicyclic) bond motifs is 1. The second-order valence-corrected chi connectivity index (χ2v) is 4.19. The van der Waals surface area contributed by atoms with Crippen LogP contribution in [0.25, 0.3) is 10.9 Å². The van der Waals surface area contributed by atoms with Crippen LogP contribution in [0.4, 0.5) is 4.39 Å². The molecule has 2 rings (SSSR count). The maximum absolute atomic E-state index is 13.6. The van der Waals surface area contributed by atoms with Gasteiger partial charge in [-0.15, -0.1) is 0 Å². The number of H-pyrrole nitrogens is 1. The maximum atomic E-state index is 13.6. The Balaban J connectivity index is 2.29. The van der Waals surface area contributed by atoms with Crippen LogP contribution in [0.5, 0.6) is 0 Å². The van der Waals surface area contributed by atoms with Crippen molar-refractivity contribution in [3.05, 3.63) is 35.3 Å². The van der Waals surface area contributed by atoms with Crippen molar-refractivity contribution in [1.29, 1.82) is 0 Å². The molecule has 0 saturated carbocycles. The average Bonchev–Trinajstić information content (AvgIpc) is 2.66. The van der Waals surface area contributed by atoms with E-state index in [4.69, 9.17) is 5.11 Å². The van der Waals surface area contributed by atoms with Crippen molar-refractivity contribution >= 4 is 22.8 Å². The van der Waals surface area contributed by atoms with E-state index in [0.717, 1.165) is 0 Å². The van der Waals surface area contributed by atoms with Gasteiger partial charge < -0.3 is 15.4 Å². The Morgan fingerprint density at radius 1 is 1.42 bits per heavy atom. The van der Waals surface area contributed by atoms with Gasteiger partial charge in [-0.05, 0) is 13.0 Å². The Morgan fingerprint density at radius 2 is 2.16 bits per heavy atom. The molecule has 100 valence electrons. The lowest BCUT2D eigenvalue weighted by molar-refractivity contribution is -0.136. The molecule has 6 heteroatoms. The molecule has 0 fully saturated rings. The predicted octanol–water partition coefficient (Wildman–Crippen LogP) is 1.82. The number of amides is 1. The SMILES string of the molecule is Cc1[nH]c2c(F)cccc2c1C(=O)NCCC(=O)O. The van der Waals surface area contributed by atoms with Gasteiger partial charge in [-0.25, -0.2) is 4.39 Å². The van der Waals surface area contributed by atoms with E-state index >= 15 is 0 Å². The van der Waals surface area contributed by atoms with E-state index in [-0.39, 0.29) is 18.5 Å². The number of benzene rings is 1. The van der Waals surface area contributed by atoms with Crippen LogP contribution in [0.3, 0.4) is 0 Å². The Labute approximate surface area is 108 Å². The summed E-state index contributed by atoms with van der Waals surface area (Å²) in [6, 6.07) is 4.48. The summed E-state index contributed by atoms with van der Waals surface area (Å²) in [7, 11) is 0. The van der Waals surface area contributed by atoms with Crippen molar-refractivity contribution in [2.24, 2.45) is 0 Å². The molecule has 1 aromatic carbocycles. The smallest absolute Gasteiger partial charge is 0.305 e. The van der Waals surface area contributed by atoms with E-state index in [9.17, 15) is 14.0 Å². The average molecular weight is 264 g/mol. The van der Waals surface area contributed by atoms with E-state index in [2.05, 4.69) is 10.3 Å². The van der Waals surface area contributed by atoms with Crippen LogP contribution in [0, 0.1) is 12.7 Å². The summed E-state index contributed by atoms with van der Waals surface area (Å²) in [5.74, 6) is -1.82. The number of aliphatic carboxylic acids is 1. The van der Waals surface area contributed by atoms with Gasteiger partial charge in [0.1, 0.15) is 5.82 Å². The van der Waals surface area contributed by atoms with E-state index in [1.165, 1.54) is 12.1 Å². The third-order valence-electron chi connectivity index (χ3n) is 2.82. The van der Waals surface area contributed by atoms with Crippen molar-refractivity contribution in [3.63, 3.8) is 0 Å². The molecule has 0 unspecified atom stereocenters. The standard InChI is InChI=1S/C13H13FN2O3/c1-7-11(13(19)15-6-5-10(17)18)8-3-2-4-9(14)12(8)16-7/h2-4,16H,5-6H2,1H3,(H,15,19)(H,17,18). The molecule has 3 N–H and O–H groups in total. The highest BCUT2D eigenvalue weighted by Gasteiger charge is 2.17. The van der Waals surface area contributed by atoms with Gasteiger partial charge in [-0.3, -0.25) is 9.59 Å². The van der Waals surface area contributed by atoms with Crippen molar-refractivity contribution in [2.45, 2.75) is 13.3 Å². The second-order valence-electron chi connectivity index (χ2n) is 4.19. The summed E-state index contributed by atoms with van der Waals surface area (Å²) < 4.78 is 13.6. The minimum atomic E-state index is -0.984. The number of aromatic nitrogens is 1. The lowest BCUT2D eigenvalue weighted by atomic mass is 10.1. The van der Waals surface area contributed by atoms with Crippen LogP contribution in [-0.2, 0) is 4.79 Å². The van der Waals surface area contributed by atoms with Crippen LogP contribution >= 0.6 is 0 Å².